The van der Waals surface area contributed by atoms with Crippen LogP contribution in [0.3, 0.4) is 0 Å². The lowest BCUT2D eigenvalue weighted by Gasteiger charge is -2.15. The van der Waals surface area contributed by atoms with Crippen LogP contribution in [0.15, 0.2) is 36.4 Å². The van der Waals surface area contributed by atoms with Gasteiger partial charge in [0.05, 0.1) is 16.6 Å². The molecule has 0 aliphatic carbocycles. The molecule has 7 nitrogen and oxygen atoms in total. The van der Waals surface area contributed by atoms with Gasteiger partial charge in [-0.1, -0.05) is 0 Å². The van der Waals surface area contributed by atoms with E-state index in [0.717, 1.165) is 13.0 Å². The van der Waals surface area contributed by atoms with Gasteiger partial charge in [0, 0.05) is 12.5 Å². The Balaban J connectivity index is 2.56. The molecule has 2 aromatic carbocycles. The van der Waals surface area contributed by atoms with Gasteiger partial charge >= 0.3 is 6.18 Å². The van der Waals surface area contributed by atoms with Gasteiger partial charge in [0.25, 0.3) is 5.69 Å². The van der Waals surface area contributed by atoms with Crippen LogP contribution in [-0.4, -0.2) is 17.1 Å². The van der Waals surface area contributed by atoms with Gasteiger partial charge in [-0.3, -0.25) is 19.7 Å². The second-order valence-corrected chi connectivity index (χ2v) is 5.09. The number of carbonyl (C=O) groups is 2. The zero-order chi connectivity index (χ0) is 19.5. The monoisotopic (exact) mass is 368 g/mol. The fourth-order valence-electron chi connectivity index (χ4n) is 2.09. The largest absolute Gasteiger partial charge is 0.457 e. The topological polar surface area (TPSA) is 98.5 Å². The first kappa shape index (κ1) is 18.9. The van der Waals surface area contributed by atoms with E-state index in [9.17, 15) is 32.9 Å². The fraction of sp³-hybridized carbons (Fsp3) is 0.125. The van der Waals surface area contributed by atoms with E-state index in [2.05, 4.69) is 0 Å². The second-order valence-electron chi connectivity index (χ2n) is 5.09. The molecule has 2 aromatic rings. The summed E-state index contributed by atoms with van der Waals surface area (Å²) in [7, 11) is 0. The molecule has 0 saturated carbocycles. The molecular formula is C16H11F3N2O5. The summed E-state index contributed by atoms with van der Waals surface area (Å²) in [5.74, 6) is -1.26. The maximum Gasteiger partial charge on any atom is 0.418 e. The number of alkyl halides is 3. The first-order valence-electron chi connectivity index (χ1n) is 7.02. The number of anilines is 1. The Kier molecular flexibility index (Phi) is 5.24. The number of hydrogen-bond acceptors (Lipinski definition) is 5. The molecule has 136 valence electrons. The maximum atomic E-state index is 13.3. The van der Waals surface area contributed by atoms with Crippen LogP contribution in [0.4, 0.5) is 24.5 Å². The van der Waals surface area contributed by atoms with E-state index in [1.54, 1.807) is 0 Å². The maximum absolute atomic E-state index is 13.3. The van der Waals surface area contributed by atoms with E-state index in [0.29, 0.717) is 17.9 Å². The zero-order valence-electron chi connectivity index (χ0n) is 13.2. The summed E-state index contributed by atoms with van der Waals surface area (Å²) in [4.78, 5) is 31.9. The van der Waals surface area contributed by atoms with Crippen LogP contribution >= 0.6 is 0 Å². The fourth-order valence-corrected chi connectivity index (χ4v) is 2.09. The highest BCUT2D eigenvalue weighted by atomic mass is 19.4. The summed E-state index contributed by atoms with van der Waals surface area (Å²) in [5.41, 5.74) is -3.02. The average Bonchev–Trinajstić information content (AvgIpc) is 2.55. The molecule has 10 heteroatoms. The summed E-state index contributed by atoms with van der Waals surface area (Å²) >= 11 is 0. The molecule has 0 saturated heterocycles. The molecule has 0 fully saturated rings. The number of ether oxygens (including phenoxy) is 1. The van der Waals surface area contributed by atoms with E-state index >= 15 is 0 Å². The highest BCUT2D eigenvalue weighted by Gasteiger charge is 2.38. The van der Waals surface area contributed by atoms with Crippen LogP contribution in [0.25, 0.3) is 0 Å². The Hall–Kier alpha value is -3.43. The molecule has 0 bridgehead atoms. The van der Waals surface area contributed by atoms with Gasteiger partial charge < -0.3 is 10.1 Å². The van der Waals surface area contributed by atoms with E-state index in [-0.39, 0.29) is 5.75 Å². The molecule has 0 radical (unpaired) electrons. The Morgan fingerprint density at radius 1 is 1.19 bits per heavy atom. The number of aldehydes is 1. The first-order valence-corrected chi connectivity index (χ1v) is 7.02. The van der Waals surface area contributed by atoms with E-state index < -0.39 is 39.7 Å². The van der Waals surface area contributed by atoms with Crippen molar-refractivity contribution in [2.45, 2.75) is 13.1 Å². The Morgan fingerprint density at radius 3 is 2.27 bits per heavy atom. The quantitative estimate of drug-likeness (QED) is 0.485. The number of nitro benzene ring substituents is 1. The number of benzene rings is 2. The normalized spacial score (nSPS) is 10.9. The first-order chi connectivity index (χ1) is 12.1. The molecule has 1 N–H and O–H groups in total. The van der Waals surface area contributed by atoms with E-state index in [4.69, 9.17) is 4.74 Å². The predicted octanol–water partition coefficient (Wildman–Crippen LogP) is 4.18. The van der Waals surface area contributed by atoms with Crippen LogP contribution < -0.4 is 10.1 Å². The van der Waals surface area contributed by atoms with Crippen molar-refractivity contribution in [2.24, 2.45) is 0 Å². The minimum absolute atomic E-state index is 0.0744. The zero-order valence-corrected chi connectivity index (χ0v) is 13.2. The summed E-state index contributed by atoms with van der Waals surface area (Å²) in [6, 6.07) is 6.70. The van der Waals surface area contributed by atoms with Crippen molar-refractivity contribution in [3.63, 3.8) is 0 Å². The van der Waals surface area contributed by atoms with Crippen molar-refractivity contribution in [3.05, 3.63) is 57.6 Å². The van der Waals surface area contributed by atoms with Crippen LogP contribution in [0.2, 0.25) is 0 Å². The van der Waals surface area contributed by atoms with Gasteiger partial charge in [-0.2, -0.15) is 13.2 Å². The predicted molar refractivity (Wildman–Crippen MR) is 84.3 cm³/mol. The lowest BCUT2D eigenvalue weighted by molar-refractivity contribution is -0.384. The van der Waals surface area contributed by atoms with Crippen molar-refractivity contribution >= 4 is 23.6 Å². The number of amides is 1. The van der Waals surface area contributed by atoms with Crippen LogP contribution in [0.5, 0.6) is 11.5 Å². The minimum atomic E-state index is -4.97. The van der Waals surface area contributed by atoms with Crippen molar-refractivity contribution in [2.75, 3.05) is 5.32 Å². The van der Waals surface area contributed by atoms with E-state index in [1.165, 1.54) is 24.3 Å². The molecule has 26 heavy (non-hydrogen) atoms. The molecule has 0 heterocycles. The van der Waals surface area contributed by atoms with Crippen molar-refractivity contribution in [1.29, 1.82) is 0 Å². The van der Waals surface area contributed by atoms with Crippen molar-refractivity contribution in [3.8, 4) is 11.5 Å². The van der Waals surface area contributed by atoms with Crippen LogP contribution in [0, 0.1) is 10.1 Å². The lowest BCUT2D eigenvalue weighted by Crippen LogP contribution is -2.16. The minimum Gasteiger partial charge on any atom is -0.457 e. The number of nitro groups is 1. The van der Waals surface area contributed by atoms with Gasteiger partial charge in [-0.05, 0) is 30.3 Å². The third kappa shape index (κ3) is 4.35. The summed E-state index contributed by atoms with van der Waals surface area (Å²) in [6.45, 7) is 0.933. The molecule has 0 spiro atoms. The van der Waals surface area contributed by atoms with Gasteiger partial charge in [0.15, 0.2) is 0 Å². The highest BCUT2D eigenvalue weighted by molar-refractivity contribution is 5.93. The molecular weight excluding hydrogens is 357 g/mol. The van der Waals surface area contributed by atoms with E-state index in [1.807, 2.05) is 5.32 Å². The summed E-state index contributed by atoms with van der Waals surface area (Å²) in [6.07, 6.45) is -4.40. The highest BCUT2D eigenvalue weighted by Crippen LogP contribution is 2.43. The number of hydrogen-bond donors (Lipinski definition) is 1. The second kappa shape index (κ2) is 7.21. The number of nitrogens with zero attached hydrogens (tertiary/aromatic N) is 1. The third-order valence-corrected chi connectivity index (χ3v) is 3.15. The Bertz CT molecular complexity index is 863. The summed E-state index contributed by atoms with van der Waals surface area (Å²) < 4.78 is 45.1. The average molecular weight is 368 g/mol. The third-order valence-electron chi connectivity index (χ3n) is 3.15. The molecule has 0 atom stereocenters. The Morgan fingerprint density at radius 2 is 1.81 bits per heavy atom. The Labute approximate surface area is 144 Å². The van der Waals surface area contributed by atoms with Gasteiger partial charge in [0.2, 0.25) is 5.91 Å². The SMILES string of the molecule is CC(=O)Nc1c([N+](=O)[O-])cc(Oc2ccc(C=O)cc2)cc1C(F)(F)F. The molecule has 0 aliphatic heterocycles. The molecule has 0 aromatic heterocycles. The van der Waals surface area contributed by atoms with Crippen molar-refractivity contribution in [1.82, 2.24) is 0 Å². The smallest absolute Gasteiger partial charge is 0.418 e. The van der Waals surface area contributed by atoms with Gasteiger partial charge in [0.1, 0.15) is 23.5 Å². The van der Waals surface area contributed by atoms with Crippen molar-refractivity contribution < 1.29 is 32.4 Å². The van der Waals surface area contributed by atoms with Gasteiger partial charge in [-0.25, -0.2) is 0 Å². The molecule has 0 aliphatic rings. The van der Waals surface area contributed by atoms with Gasteiger partial charge in [-0.15, -0.1) is 0 Å². The molecule has 0 unspecified atom stereocenters. The van der Waals surface area contributed by atoms with Crippen LogP contribution in [0.1, 0.15) is 22.8 Å². The lowest BCUT2D eigenvalue weighted by atomic mass is 10.1. The number of nitrogens with one attached hydrogen (secondary N) is 1. The number of rotatable bonds is 5. The summed E-state index contributed by atoms with van der Waals surface area (Å²) in [5, 5.41) is 13.0. The number of halogens is 3. The number of carbonyl (C=O) groups excluding carboxylic acids is 2. The molecule has 2 rings (SSSR count). The standard InChI is InChI=1S/C16H11F3N2O5/c1-9(23)20-15-13(16(17,18)19)6-12(7-14(15)21(24)25)26-11-4-2-10(8-22)3-5-11/h2-8H,1H3,(H,20,23). The molecule has 1 amide bonds. The van der Waals surface area contributed by atoms with Crippen LogP contribution in [-0.2, 0) is 11.0 Å².